The van der Waals surface area contributed by atoms with Crippen LogP contribution >= 0.6 is 7.82 Å². The Hall–Kier alpha value is -2.32. The second-order valence-electron chi connectivity index (χ2n) is 18.1. The Kier molecular flexibility index (Phi) is 43.2. The number of aliphatic hydroxyl groups is 1. The van der Waals surface area contributed by atoms with E-state index in [0.29, 0.717) is 17.4 Å². The van der Waals surface area contributed by atoms with Crippen molar-refractivity contribution in [3.63, 3.8) is 0 Å². The number of quaternary nitrogens is 1. The van der Waals surface area contributed by atoms with Gasteiger partial charge < -0.3 is 28.8 Å². The van der Waals surface area contributed by atoms with Gasteiger partial charge in [-0.1, -0.05) is 221 Å². The van der Waals surface area contributed by atoms with Gasteiger partial charge in [0, 0.05) is 6.42 Å². The van der Waals surface area contributed by atoms with E-state index in [2.05, 4.69) is 79.9 Å². The number of allylic oxidation sites excluding steroid dienone is 13. The number of nitrogens with one attached hydrogen (secondary N) is 1. The molecule has 0 rings (SSSR count). The molecule has 3 unspecified atom stereocenters. The number of rotatable bonds is 45. The third-order valence-electron chi connectivity index (χ3n) is 10.9. The zero-order valence-corrected chi connectivity index (χ0v) is 42.1. The number of carbonyl (C=O) groups excluding carboxylic acids is 1. The quantitative estimate of drug-likeness (QED) is 0.0273. The van der Waals surface area contributed by atoms with Gasteiger partial charge in [0.1, 0.15) is 13.2 Å². The van der Waals surface area contributed by atoms with Gasteiger partial charge in [0.05, 0.1) is 39.9 Å². The highest BCUT2D eigenvalue weighted by Gasteiger charge is 2.23. The molecular formula is C54H97N2O6P. The second kappa shape index (κ2) is 44.9. The molecule has 0 aromatic heterocycles. The van der Waals surface area contributed by atoms with Crippen molar-refractivity contribution in [2.45, 2.75) is 212 Å². The van der Waals surface area contributed by atoms with Crippen molar-refractivity contribution in [2.24, 2.45) is 0 Å². The van der Waals surface area contributed by atoms with Crippen molar-refractivity contribution >= 4 is 13.7 Å². The highest BCUT2D eigenvalue weighted by molar-refractivity contribution is 7.45. The molecule has 0 spiro atoms. The SMILES string of the molecule is CC/C=C\C/C=C\C/C=C\C/C=C\C/C=C\C/C=C\CCC(=O)NC(COP(=O)([O-])OCC[N+](C)(C)C)C(O)/C=C/CCCCCCCCCCCCCCCCCCCCCC. The smallest absolute Gasteiger partial charge is 0.268 e. The van der Waals surface area contributed by atoms with Gasteiger partial charge in [-0.05, 0) is 57.8 Å². The highest BCUT2D eigenvalue weighted by atomic mass is 31.2. The average molecular weight is 901 g/mol. The van der Waals surface area contributed by atoms with Crippen molar-refractivity contribution in [3.05, 3.63) is 85.1 Å². The summed E-state index contributed by atoms with van der Waals surface area (Å²) in [4.78, 5) is 25.4. The number of carbonyl (C=O) groups is 1. The highest BCUT2D eigenvalue weighted by Crippen LogP contribution is 2.38. The van der Waals surface area contributed by atoms with Crippen LogP contribution in [0.2, 0.25) is 0 Å². The van der Waals surface area contributed by atoms with Gasteiger partial charge in [0.25, 0.3) is 7.82 Å². The fourth-order valence-electron chi connectivity index (χ4n) is 6.88. The topological polar surface area (TPSA) is 108 Å². The van der Waals surface area contributed by atoms with Crippen LogP contribution in [0.3, 0.4) is 0 Å². The van der Waals surface area contributed by atoms with E-state index in [1.54, 1.807) is 6.08 Å². The van der Waals surface area contributed by atoms with E-state index in [9.17, 15) is 19.4 Å². The molecule has 0 fully saturated rings. The first-order valence-electron chi connectivity index (χ1n) is 25.4. The van der Waals surface area contributed by atoms with Gasteiger partial charge in [-0.15, -0.1) is 0 Å². The van der Waals surface area contributed by atoms with Crippen molar-refractivity contribution in [3.8, 4) is 0 Å². The van der Waals surface area contributed by atoms with Crippen LogP contribution in [-0.4, -0.2) is 68.5 Å². The first-order chi connectivity index (χ1) is 30.5. The summed E-state index contributed by atoms with van der Waals surface area (Å²) in [6.45, 7) is 4.48. The van der Waals surface area contributed by atoms with Crippen LogP contribution in [0.15, 0.2) is 85.1 Å². The standard InChI is InChI=1S/C54H97N2O6P/c1-6-8-10-12-14-16-18-20-22-24-26-27-28-30-31-33-35-37-39-41-43-45-47-53(57)52(51-62-63(59,60)61-50-49-56(3,4)5)55-54(58)48-46-44-42-40-38-36-34-32-29-25-23-21-19-17-15-13-11-9-7-2/h9,11,15,17,21,23,29,32,36,38,42,44-45,47,52-53,57H,6-8,10,12-14,16,18-20,22,24-28,30-31,33-35,37,39-41,43,46,48-51H2,1-5H3,(H-,55,58,59,60)/b11-9-,17-15-,23-21-,32-29-,38-36-,44-42-,47-45+. The number of nitrogens with zero attached hydrogens (tertiary/aromatic N) is 1. The summed E-state index contributed by atoms with van der Waals surface area (Å²) in [6, 6.07) is -0.932. The summed E-state index contributed by atoms with van der Waals surface area (Å²) in [5, 5.41) is 13.8. The van der Waals surface area contributed by atoms with Crippen LogP contribution in [-0.2, 0) is 18.4 Å². The Morgan fingerprint density at radius 2 is 0.968 bits per heavy atom. The summed E-state index contributed by atoms with van der Waals surface area (Å²) in [5.41, 5.74) is 0. The van der Waals surface area contributed by atoms with E-state index < -0.39 is 26.6 Å². The molecule has 0 heterocycles. The van der Waals surface area contributed by atoms with Crippen LogP contribution in [0.5, 0.6) is 0 Å². The van der Waals surface area contributed by atoms with E-state index in [0.717, 1.165) is 57.8 Å². The molecule has 0 saturated heterocycles. The fraction of sp³-hybridized carbons (Fsp3) is 0.722. The van der Waals surface area contributed by atoms with Gasteiger partial charge in [0.2, 0.25) is 5.91 Å². The minimum atomic E-state index is -4.62. The summed E-state index contributed by atoms with van der Waals surface area (Å²) in [7, 11) is 1.20. The number of amides is 1. The van der Waals surface area contributed by atoms with E-state index >= 15 is 0 Å². The van der Waals surface area contributed by atoms with E-state index in [4.69, 9.17) is 9.05 Å². The Labute approximate surface area is 388 Å². The maximum atomic E-state index is 12.9. The number of likely N-dealkylation sites (N-methyl/N-ethyl adjacent to an activating group) is 1. The zero-order valence-electron chi connectivity index (χ0n) is 41.2. The van der Waals surface area contributed by atoms with Gasteiger partial charge in [0.15, 0.2) is 0 Å². The minimum absolute atomic E-state index is 0.0187. The Balaban J connectivity index is 4.44. The molecule has 0 aliphatic carbocycles. The predicted octanol–water partition coefficient (Wildman–Crippen LogP) is 14.3. The molecule has 364 valence electrons. The minimum Gasteiger partial charge on any atom is -0.756 e. The van der Waals surface area contributed by atoms with Gasteiger partial charge in [-0.2, -0.15) is 0 Å². The molecule has 9 heteroatoms. The lowest BCUT2D eigenvalue weighted by molar-refractivity contribution is -0.870. The summed E-state index contributed by atoms with van der Waals surface area (Å²) in [6.07, 6.45) is 62.3. The van der Waals surface area contributed by atoms with Crippen LogP contribution in [0, 0.1) is 0 Å². The molecule has 0 bridgehead atoms. The normalized spacial score (nSPS) is 14.8. The summed E-state index contributed by atoms with van der Waals surface area (Å²) in [5.74, 6) is -0.281. The van der Waals surface area contributed by atoms with Crippen LogP contribution in [0.25, 0.3) is 0 Å². The maximum absolute atomic E-state index is 12.9. The van der Waals surface area contributed by atoms with Gasteiger partial charge in [-0.25, -0.2) is 0 Å². The molecule has 3 atom stereocenters. The largest absolute Gasteiger partial charge is 0.756 e. The molecule has 63 heavy (non-hydrogen) atoms. The molecular weight excluding hydrogens is 804 g/mol. The molecule has 0 aromatic carbocycles. The van der Waals surface area contributed by atoms with E-state index in [1.165, 1.54) is 116 Å². The number of aliphatic hydroxyl groups excluding tert-OH is 1. The number of hydrogen-bond donors (Lipinski definition) is 2. The van der Waals surface area contributed by atoms with Crippen molar-refractivity contribution in [1.29, 1.82) is 0 Å². The van der Waals surface area contributed by atoms with E-state index in [-0.39, 0.29) is 18.9 Å². The van der Waals surface area contributed by atoms with E-state index in [1.807, 2.05) is 39.4 Å². The molecule has 0 aliphatic rings. The van der Waals surface area contributed by atoms with Crippen molar-refractivity contribution < 1.29 is 32.9 Å². The number of hydrogen-bond acceptors (Lipinski definition) is 6. The van der Waals surface area contributed by atoms with Crippen LogP contribution in [0.1, 0.15) is 200 Å². The molecule has 0 aliphatic heterocycles. The third-order valence-corrected chi connectivity index (χ3v) is 11.8. The number of phosphoric acid groups is 1. The lowest BCUT2D eigenvalue weighted by Crippen LogP contribution is -2.45. The Morgan fingerprint density at radius 1 is 0.571 bits per heavy atom. The first-order valence-corrected chi connectivity index (χ1v) is 26.9. The summed E-state index contributed by atoms with van der Waals surface area (Å²) < 4.78 is 23.2. The summed E-state index contributed by atoms with van der Waals surface area (Å²) >= 11 is 0. The zero-order chi connectivity index (χ0) is 46.4. The molecule has 0 saturated carbocycles. The number of phosphoric ester groups is 1. The van der Waals surface area contributed by atoms with Crippen molar-refractivity contribution in [1.82, 2.24) is 5.32 Å². The molecule has 8 nitrogen and oxygen atoms in total. The molecule has 0 radical (unpaired) electrons. The predicted molar refractivity (Wildman–Crippen MR) is 270 cm³/mol. The van der Waals surface area contributed by atoms with Crippen LogP contribution in [0.4, 0.5) is 0 Å². The maximum Gasteiger partial charge on any atom is 0.268 e. The molecule has 2 N–H and O–H groups in total. The molecule has 1 amide bonds. The average Bonchev–Trinajstić information content (AvgIpc) is 3.24. The lowest BCUT2D eigenvalue weighted by atomic mass is 10.0. The van der Waals surface area contributed by atoms with Gasteiger partial charge >= 0.3 is 0 Å². The monoisotopic (exact) mass is 901 g/mol. The third kappa shape index (κ3) is 47.5. The van der Waals surface area contributed by atoms with Crippen LogP contribution < -0.4 is 10.2 Å². The van der Waals surface area contributed by atoms with Crippen molar-refractivity contribution in [2.75, 3.05) is 40.9 Å². The lowest BCUT2D eigenvalue weighted by Gasteiger charge is -2.29. The second-order valence-corrected chi connectivity index (χ2v) is 19.6. The Morgan fingerprint density at radius 3 is 1.38 bits per heavy atom. The molecule has 0 aromatic rings. The fourth-order valence-corrected chi connectivity index (χ4v) is 7.60. The Bertz CT molecular complexity index is 1300. The first kappa shape index (κ1) is 60.7. The van der Waals surface area contributed by atoms with Gasteiger partial charge in [-0.3, -0.25) is 9.36 Å². The number of unbranched alkanes of at least 4 members (excludes halogenated alkanes) is 20.